The molecule has 122 valence electrons. The molecule has 0 aliphatic carbocycles. The van der Waals surface area contributed by atoms with Crippen molar-refractivity contribution in [3.8, 4) is 0 Å². The highest BCUT2D eigenvalue weighted by Crippen LogP contribution is 2.27. The summed E-state index contributed by atoms with van der Waals surface area (Å²) in [7, 11) is 1.57. The minimum Gasteiger partial charge on any atom is -0.452 e. The maximum Gasteiger partial charge on any atom is 0.375 e. The molecule has 3 rings (SSSR count). The number of hydrogen-bond acceptors (Lipinski definition) is 4. The molecule has 1 heterocycles. The van der Waals surface area contributed by atoms with Crippen LogP contribution in [0.5, 0.6) is 0 Å². The second kappa shape index (κ2) is 7.62. The van der Waals surface area contributed by atoms with Crippen molar-refractivity contribution < 1.29 is 18.7 Å². The average molecular weight is 322 g/mol. The van der Waals surface area contributed by atoms with Gasteiger partial charge in [0.05, 0.1) is 0 Å². The molecule has 0 aliphatic heterocycles. The van der Waals surface area contributed by atoms with E-state index in [0.29, 0.717) is 12.4 Å². The molecular weight excluding hydrogens is 304 g/mol. The SMILES string of the molecule is COCc1ccc(C(=O)OC(c2ccccc2)c2ccccc2)o1. The predicted octanol–water partition coefficient (Wildman–Crippen LogP) is 4.37. The van der Waals surface area contributed by atoms with Gasteiger partial charge in [-0.1, -0.05) is 60.7 Å². The van der Waals surface area contributed by atoms with Crippen LogP contribution >= 0.6 is 0 Å². The summed E-state index contributed by atoms with van der Waals surface area (Å²) in [6.07, 6.45) is -0.490. The van der Waals surface area contributed by atoms with E-state index in [-0.39, 0.29) is 5.76 Å². The highest BCUT2D eigenvalue weighted by Gasteiger charge is 2.22. The molecule has 0 bridgehead atoms. The maximum absolute atomic E-state index is 12.5. The average Bonchev–Trinajstić information content (AvgIpc) is 3.10. The molecular formula is C20H18O4. The summed E-state index contributed by atoms with van der Waals surface area (Å²) < 4.78 is 16.2. The van der Waals surface area contributed by atoms with Gasteiger partial charge < -0.3 is 13.9 Å². The summed E-state index contributed by atoms with van der Waals surface area (Å²) in [6, 6.07) is 22.6. The largest absolute Gasteiger partial charge is 0.452 e. The lowest BCUT2D eigenvalue weighted by atomic mass is 10.0. The van der Waals surface area contributed by atoms with Gasteiger partial charge in [-0.25, -0.2) is 4.79 Å². The van der Waals surface area contributed by atoms with Crippen molar-refractivity contribution in [1.29, 1.82) is 0 Å². The number of esters is 1. The van der Waals surface area contributed by atoms with E-state index in [4.69, 9.17) is 13.9 Å². The van der Waals surface area contributed by atoms with Crippen molar-refractivity contribution in [1.82, 2.24) is 0 Å². The first kappa shape index (κ1) is 16.0. The fraction of sp³-hybridized carbons (Fsp3) is 0.150. The number of furan rings is 1. The van der Waals surface area contributed by atoms with Gasteiger partial charge in [-0.3, -0.25) is 0 Å². The van der Waals surface area contributed by atoms with E-state index in [2.05, 4.69) is 0 Å². The summed E-state index contributed by atoms with van der Waals surface area (Å²) in [5.41, 5.74) is 1.81. The van der Waals surface area contributed by atoms with Gasteiger partial charge in [0.25, 0.3) is 0 Å². The third kappa shape index (κ3) is 3.73. The van der Waals surface area contributed by atoms with E-state index < -0.39 is 12.1 Å². The van der Waals surface area contributed by atoms with Crippen LogP contribution in [0.15, 0.2) is 77.2 Å². The van der Waals surface area contributed by atoms with Gasteiger partial charge in [0, 0.05) is 7.11 Å². The molecule has 0 radical (unpaired) electrons. The van der Waals surface area contributed by atoms with Crippen LogP contribution in [0.4, 0.5) is 0 Å². The highest BCUT2D eigenvalue weighted by molar-refractivity contribution is 5.86. The monoisotopic (exact) mass is 322 g/mol. The number of carbonyl (C=O) groups is 1. The van der Waals surface area contributed by atoms with Gasteiger partial charge in [-0.2, -0.15) is 0 Å². The van der Waals surface area contributed by atoms with E-state index in [1.807, 2.05) is 60.7 Å². The Kier molecular flexibility index (Phi) is 5.08. The Morgan fingerprint density at radius 1 is 0.917 bits per heavy atom. The Bertz CT molecular complexity index is 738. The van der Waals surface area contributed by atoms with Crippen LogP contribution in [-0.2, 0) is 16.1 Å². The van der Waals surface area contributed by atoms with Gasteiger partial charge in [0.1, 0.15) is 12.4 Å². The summed E-state index contributed by atoms with van der Waals surface area (Å²) in [5, 5.41) is 0. The molecule has 1 aromatic heterocycles. The van der Waals surface area contributed by atoms with Crippen molar-refractivity contribution in [2.24, 2.45) is 0 Å². The third-order valence-corrected chi connectivity index (χ3v) is 3.58. The summed E-state index contributed by atoms with van der Waals surface area (Å²) >= 11 is 0. The minimum atomic E-state index is -0.505. The summed E-state index contributed by atoms with van der Waals surface area (Å²) in [4.78, 5) is 12.5. The second-order valence-electron chi connectivity index (χ2n) is 5.31. The Balaban J connectivity index is 1.85. The van der Waals surface area contributed by atoms with Crippen LogP contribution in [0.1, 0.15) is 33.5 Å². The van der Waals surface area contributed by atoms with Gasteiger partial charge >= 0.3 is 5.97 Å². The number of ether oxygens (including phenoxy) is 2. The zero-order chi connectivity index (χ0) is 16.8. The number of carbonyl (C=O) groups excluding carboxylic acids is 1. The number of rotatable bonds is 6. The lowest BCUT2D eigenvalue weighted by Crippen LogP contribution is -2.12. The van der Waals surface area contributed by atoms with Crippen molar-refractivity contribution in [2.75, 3.05) is 7.11 Å². The molecule has 0 unspecified atom stereocenters. The fourth-order valence-electron chi connectivity index (χ4n) is 2.46. The zero-order valence-electron chi connectivity index (χ0n) is 13.3. The lowest BCUT2D eigenvalue weighted by Gasteiger charge is -2.18. The van der Waals surface area contributed by atoms with Crippen molar-refractivity contribution in [3.63, 3.8) is 0 Å². The first-order valence-electron chi connectivity index (χ1n) is 7.66. The number of methoxy groups -OCH3 is 1. The van der Waals surface area contributed by atoms with Crippen LogP contribution < -0.4 is 0 Å². The molecule has 0 amide bonds. The Hall–Kier alpha value is -2.85. The summed E-state index contributed by atoms with van der Waals surface area (Å²) in [6.45, 7) is 0.314. The molecule has 0 spiro atoms. The van der Waals surface area contributed by atoms with Crippen LogP contribution in [0.25, 0.3) is 0 Å². The number of benzene rings is 2. The molecule has 0 saturated heterocycles. The molecule has 0 N–H and O–H groups in total. The van der Waals surface area contributed by atoms with Gasteiger partial charge in [-0.15, -0.1) is 0 Å². The minimum absolute atomic E-state index is 0.166. The van der Waals surface area contributed by atoms with Crippen molar-refractivity contribution in [2.45, 2.75) is 12.7 Å². The molecule has 2 aromatic carbocycles. The molecule has 4 nitrogen and oxygen atoms in total. The fourth-order valence-corrected chi connectivity index (χ4v) is 2.46. The normalized spacial score (nSPS) is 10.8. The van der Waals surface area contributed by atoms with Crippen LogP contribution in [0.2, 0.25) is 0 Å². The van der Waals surface area contributed by atoms with Crippen molar-refractivity contribution in [3.05, 3.63) is 95.4 Å². The quantitative estimate of drug-likeness (QED) is 0.632. The van der Waals surface area contributed by atoms with Crippen LogP contribution in [0, 0.1) is 0 Å². The first-order chi connectivity index (χ1) is 11.8. The molecule has 0 fully saturated rings. The van der Waals surface area contributed by atoms with Gasteiger partial charge in [-0.05, 0) is 23.3 Å². The highest BCUT2D eigenvalue weighted by atomic mass is 16.6. The second-order valence-corrected chi connectivity index (χ2v) is 5.31. The number of hydrogen-bond donors (Lipinski definition) is 0. The van der Waals surface area contributed by atoms with Crippen LogP contribution in [0.3, 0.4) is 0 Å². The topological polar surface area (TPSA) is 48.7 Å². The van der Waals surface area contributed by atoms with E-state index >= 15 is 0 Å². The Labute approximate surface area is 140 Å². The van der Waals surface area contributed by atoms with E-state index in [1.54, 1.807) is 19.2 Å². The predicted molar refractivity (Wildman–Crippen MR) is 89.6 cm³/mol. The molecule has 24 heavy (non-hydrogen) atoms. The molecule has 0 aliphatic rings. The third-order valence-electron chi connectivity index (χ3n) is 3.58. The maximum atomic E-state index is 12.5. The Morgan fingerprint density at radius 3 is 2.04 bits per heavy atom. The molecule has 4 heteroatoms. The first-order valence-corrected chi connectivity index (χ1v) is 7.66. The molecule has 3 aromatic rings. The molecule has 0 atom stereocenters. The van der Waals surface area contributed by atoms with Gasteiger partial charge in [0.2, 0.25) is 5.76 Å². The molecule has 0 saturated carbocycles. The van der Waals surface area contributed by atoms with Crippen LogP contribution in [-0.4, -0.2) is 13.1 Å². The lowest BCUT2D eigenvalue weighted by molar-refractivity contribution is 0.0335. The van der Waals surface area contributed by atoms with Gasteiger partial charge in [0.15, 0.2) is 6.10 Å². The Morgan fingerprint density at radius 2 is 1.50 bits per heavy atom. The zero-order valence-corrected chi connectivity index (χ0v) is 13.3. The van der Waals surface area contributed by atoms with E-state index in [0.717, 1.165) is 11.1 Å². The van der Waals surface area contributed by atoms with E-state index in [9.17, 15) is 4.79 Å². The summed E-state index contributed by atoms with van der Waals surface area (Å²) in [5.74, 6) is 0.245. The standard InChI is InChI=1S/C20H18O4/c1-22-14-17-12-13-18(23-17)20(21)24-19(15-8-4-2-5-9-15)16-10-6-3-7-11-16/h2-13,19H,14H2,1H3. The van der Waals surface area contributed by atoms with E-state index in [1.165, 1.54) is 0 Å². The smallest absolute Gasteiger partial charge is 0.375 e. The van der Waals surface area contributed by atoms with Crippen molar-refractivity contribution >= 4 is 5.97 Å².